The third kappa shape index (κ3) is 5.88. The Bertz CT molecular complexity index is 374. The number of rotatable bonds is 8. The third-order valence-corrected chi connectivity index (χ3v) is 3.39. The molecule has 0 unspecified atom stereocenters. The molecule has 0 fully saturated rings. The number of carbonyl (C=O) groups excluding carboxylic acids is 1. The second-order valence-electron chi connectivity index (χ2n) is 5.62. The van der Waals surface area contributed by atoms with Crippen LogP contribution in [0, 0.1) is 5.41 Å². The predicted octanol–water partition coefficient (Wildman–Crippen LogP) is 2.50. The molecule has 3 N–H and O–H groups in total. The van der Waals surface area contributed by atoms with Gasteiger partial charge in [-0.05, 0) is 37.8 Å². The van der Waals surface area contributed by atoms with E-state index in [1.807, 2.05) is 19.9 Å². The molecule has 0 aliphatic heterocycles. The number of nitrogens with one attached hydrogen (secondary N) is 1. The van der Waals surface area contributed by atoms with Gasteiger partial charge in [-0.15, -0.1) is 0 Å². The first-order chi connectivity index (χ1) is 9.06. The zero-order valence-electron chi connectivity index (χ0n) is 12.1. The average Bonchev–Trinajstić information content (AvgIpc) is 2.40. The van der Waals surface area contributed by atoms with Gasteiger partial charge in [-0.2, -0.15) is 0 Å². The van der Waals surface area contributed by atoms with Crippen molar-refractivity contribution in [3.05, 3.63) is 35.9 Å². The topological polar surface area (TPSA) is 55.1 Å². The molecule has 1 aromatic rings. The number of hydrogen-bond donors (Lipinski definition) is 2. The fourth-order valence-electron chi connectivity index (χ4n) is 2.04. The zero-order chi connectivity index (χ0) is 14.1. The molecule has 0 spiro atoms. The fraction of sp³-hybridized carbons (Fsp3) is 0.562. The van der Waals surface area contributed by atoms with Gasteiger partial charge in [0.25, 0.3) is 0 Å². The molecule has 0 saturated carbocycles. The van der Waals surface area contributed by atoms with E-state index in [-0.39, 0.29) is 11.3 Å². The van der Waals surface area contributed by atoms with Gasteiger partial charge in [0.05, 0.1) is 0 Å². The Morgan fingerprint density at radius 2 is 1.89 bits per heavy atom. The Hall–Kier alpha value is -1.35. The first-order valence-electron chi connectivity index (χ1n) is 7.08. The van der Waals surface area contributed by atoms with Crippen molar-refractivity contribution in [3.8, 4) is 0 Å². The Balaban J connectivity index is 2.31. The first-order valence-corrected chi connectivity index (χ1v) is 7.08. The van der Waals surface area contributed by atoms with E-state index in [0.717, 1.165) is 25.7 Å². The van der Waals surface area contributed by atoms with Crippen LogP contribution in [0.5, 0.6) is 0 Å². The highest BCUT2D eigenvalue weighted by atomic mass is 16.2. The lowest BCUT2D eigenvalue weighted by Crippen LogP contribution is -2.37. The van der Waals surface area contributed by atoms with Crippen molar-refractivity contribution in [2.75, 3.05) is 13.1 Å². The molecule has 0 aliphatic carbocycles. The maximum Gasteiger partial charge on any atom is 0.225 e. The largest absolute Gasteiger partial charge is 0.356 e. The van der Waals surface area contributed by atoms with Gasteiger partial charge in [-0.3, -0.25) is 4.79 Å². The number of aryl methyl sites for hydroxylation is 1. The van der Waals surface area contributed by atoms with Gasteiger partial charge < -0.3 is 11.1 Å². The van der Waals surface area contributed by atoms with Crippen LogP contribution in [-0.4, -0.2) is 19.0 Å². The van der Waals surface area contributed by atoms with Gasteiger partial charge in [0.2, 0.25) is 5.91 Å². The second-order valence-corrected chi connectivity index (χ2v) is 5.62. The maximum atomic E-state index is 12.0. The van der Waals surface area contributed by atoms with E-state index in [2.05, 4.69) is 29.6 Å². The van der Waals surface area contributed by atoms with E-state index in [1.165, 1.54) is 5.56 Å². The summed E-state index contributed by atoms with van der Waals surface area (Å²) in [4.78, 5) is 12.0. The molecular weight excluding hydrogens is 236 g/mol. The Labute approximate surface area is 116 Å². The molecule has 0 aromatic heterocycles. The maximum absolute atomic E-state index is 12.0. The van der Waals surface area contributed by atoms with Crippen LogP contribution in [-0.2, 0) is 11.2 Å². The monoisotopic (exact) mass is 262 g/mol. The molecule has 3 heteroatoms. The van der Waals surface area contributed by atoms with Crippen molar-refractivity contribution in [1.82, 2.24) is 5.32 Å². The number of carbonyl (C=O) groups is 1. The first kappa shape index (κ1) is 15.7. The molecular formula is C16H26N2O. The summed E-state index contributed by atoms with van der Waals surface area (Å²) in [5.74, 6) is 0.133. The number of amides is 1. The number of benzene rings is 1. The molecule has 0 radical (unpaired) electrons. The Morgan fingerprint density at radius 3 is 2.53 bits per heavy atom. The lowest BCUT2D eigenvalue weighted by Gasteiger charge is -2.23. The van der Waals surface area contributed by atoms with Gasteiger partial charge in [0, 0.05) is 12.0 Å². The van der Waals surface area contributed by atoms with Crippen LogP contribution < -0.4 is 11.1 Å². The van der Waals surface area contributed by atoms with Crippen LogP contribution in [0.15, 0.2) is 30.3 Å². The van der Waals surface area contributed by atoms with E-state index in [4.69, 9.17) is 5.73 Å². The summed E-state index contributed by atoms with van der Waals surface area (Å²) in [6.07, 6.45) is 3.80. The summed E-state index contributed by atoms with van der Waals surface area (Å²) in [6, 6.07) is 10.4. The standard InChI is InChI=1S/C16H26N2O/c1-16(2,15(19)18-13-7-12-17)11-6-10-14-8-4-3-5-9-14/h3-5,8-9H,6-7,10-13,17H2,1-2H3,(H,18,19). The van der Waals surface area contributed by atoms with Gasteiger partial charge in [0.15, 0.2) is 0 Å². The number of hydrogen-bond acceptors (Lipinski definition) is 2. The van der Waals surface area contributed by atoms with Crippen LogP contribution in [0.3, 0.4) is 0 Å². The van der Waals surface area contributed by atoms with Crippen molar-refractivity contribution in [2.45, 2.75) is 39.5 Å². The van der Waals surface area contributed by atoms with E-state index in [9.17, 15) is 4.79 Å². The summed E-state index contributed by atoms with van der Waals surface area (Å²) in [5.41, 5.74) is 6.45. The van der Waals surface area contributed by atoms with Crippen LogP contribution in [0.1, 0.15) is 38.7 Å². The summed E-state index contributed by atoms with van der Waals surface area (Å²) in [5, 5.41) is 2.95. The third-order valence-electron chi connectivity index (χ3n) is 3.39. The van der Waals surface area contributed by atoms with Crippen LogP contribution >= 0.6 is 0 Å². The van der Waals surface area contributed by atoms with Gasteiger partial charge >= 0.3 is 0 Å². The van der Waals surface area contributed by atoms with Crippen molar-refractivity contribution >= 4 is 5.91 Å². The minimum atomic E-state index is -0.302. The van der Waals surface area contributed by atoms with E-state index < -0.39 is 0 Å². The van der Waals surface area contributed by atoms with Gasteiger partial charge in [-0.25, -0.2) is 0 Å². The Kier molecular flexibility index (Phi) is 6.57. The molecule has 0 atom stereocenters. The zero-order valence-corrected chi connectivity index (χ0v) is 12.1. The molecule has 0 saturated heterocycles. The van der Waals surface area contributed by atoms with Crippen LogP contribution in [0.4, 0.5) is 0 Å². The quantitative estimate of drug-likeness (QED) is 0.707. The smallest absolute Gasteiger partial charge is 0.225 e. The van der Waals surface area contributed by atoms with Gasteiger partial charge in [0.1, 0.15) is 0 Å². The highest BCUT2D eigenvalue weighted by Gasteiger charge is 2.26. The van der Waals surface area contributed by atoms with Crippen molar-refractivity contribution in [2.24, 2.45) is 11.1 Å². The normalized spacial score (nSPS) is 11.3. The van der Waals surface area contributed by atoms with Crippen molar-refractivity contribution in [1.29, 1.82) is 0 Å². The van der Waals surface area contributed by atoms with E-state index in [0.29, 0.717) is 13.1 Å². The lowest BCUT2D eigenvalue weighted by molar-refractivity contribution is -0.129. The lowest BCUT2D eigenvalue weighted by atomic mass is 9.85. The summed E-state index contributed by atoms with van der Waals surface area (Å²) in [6.45, 7) is 5.32. The molecule has 106 valence electrons. The summed E-state index contributed by atoms with van der Waals surface area (Å²) >= 11 is 0. The highest BCUT2D eigenvalue weighted by Crippen LogP contribution is 2.23. The molecule has 0 aliphatic rings. The van der Waals surface area contributed by atoms with Crippen LogP contribution in [0.2, 0.25) is 0 Å². The second kappa shape index (κ2) is 7.95. The minimum absolute atomic E-state index is 0.133. The molecule has 1 aromatic carbocycles. The van der Waals surface area contributed by atoms with E-state index in [1.54, 1.807) is 0 Å². The predicted molar refractivity (Wildman–Crippen MR) is 79.8 cm³/mol. The van der Waals surface area contributed by atoms with Crippen molar-refractivity contribution < 1.29 is 4.79 Å². The van der Waals surface area contributed by atoms with E-state index >= 15 is 0 Å². The van der Waals surface area contributed by atoms with Gasteiger partial charge in [-0.1, -0.05) is 44.2 Å². The summed E-state index contributed by atoms with van der Waals surface area (Å²) < 4.78 is 0. The molecule has 19 heavy (non-hydrogen) atoms. The summed E-state index contributed by atoms with van der Waals surface area (Å²) in [7, 11) is 0. The highest BCUT2D eigenvalue weighted by molar-refractivity contribution is 5.81. The molecule has 3 nitrogen and oxygen atoms in total. The number of nitrogens with two attached hydrogens (primary N) is 1. The molecule has 0 heterocycles. The molecule has 0 bridgehead atoms. The fourth-order valence-corrected chi connectivity index (χ4v) is 2.04. The minimum Gasteiger partial charge on any atom is -0.356 e. The average molecular weight is 262 g/mol. The van der Waals surface area contributed by atoms with Crippen LogP contribution in [0.25, 0.3) is 0 Å². The molecule has 1 rings (SSSR count). The van der Waals surface area contributed by atoms with Crippen molar-refractivity contribution in [3.63, 3.8) is 0 Å². The Morgan fingerprint density at radius 1 is 1.21 bits per heavy atom. The molecule has 1 amide bonds. The SMILES string of the molecule is CC(C)(CCCc1ccccc1)C(=O)NCCCN.